The fraction of sp³-hybridized carbons (Fsp3) is 0.333. The van der Waals surface area contributed by atoms with Gasteiger partial charge in [0.15, 0.2) is 0 Å². The number of rotatable bonds is 8. The largest absolute Gasteiger partial charge is 0.395 e. The van der Waals surface area contributed by atoms with E-state index in [1.54, 1.807) is 42.5 Å². The van der Waals surface area contributed by atoms with Crippen LogP contribution in [0.3, 0.4) is 0 Å². The minimum Gasteiger partial charge on any atom is -0.395 e. The van der Waals surface area contributed by atoms with E-state index in [9.17, 15) is 34.5 Å². The lowest BCUT2D eigenvalue weighted by Gasteiger charge is -2.31. The number of Topliss-reactive ketones (excluding diaryl/α,β-unsaturated/α-hetero) is 2. The Morgan fingerprint density at radius 1 is 0.658 bits per heavy atom. The lowest BCUT2D eigenvalue weighted by molar-refractivity contribution is 0.100. The number of amides is 4. The van der Waals surface area contributed by atoms with Gasteiger partial charge in [-0.1, -0.05) is 31.2 Å². The summed E-state index contributed by atoms with van der Waals surface area (Å²) in [4.78, 5) is 60.1. The van der Waals surface area contributed by atoms with Crippen molar-refractivity contribution in [3.05, 3.63) is 71.1 Å². The molecule has 0 aliphatic carbocycles. The minimum absolute atomic E-state index is 0.0136. The van der Waals surface area contributed by atoms with E-state index in [1.165, 1.54) is 15.9 Å². The second kappa shape index (κ2) is 11.5. The summed E-state index contributed by atoms with van der Waals surface area (Å²) in [5.41, 5.74) is 0.311. The number of aliphatic hydroxyl groups excluding tert-OH is 3. The highest BCUT2D eigenvalue weighted by Crippen LogP contribution is 2.43. The zero-order chi connectivity index (χ0) is 27.4. The number of anilines is 2. The molecule has 0 bridgehead atoms. The monoisotopic (exact) mass is 522 g/mol. The van der Waals surface area contributed by atoms with Crippen LogP contribution in [0.25, 0.3) is 0 Å². The summed E-state index contributed by atoms with van der Waals surface area (Å²) in [6.45, 7) is 0.874. The van der Waals surface area contributed by atoms with Crippen LogP contribution in [0.4, 0.5) is 21.0 Å². The van der Waals surface area contributed by atoms with Gasteiger partial charge in [0.25, 0.3) is 0 Å². The van der Waals surface area contributed by atoms with Gasteiger partial charge in [0, 0.05) is 37.3 Å². The first-order chi connectivity index (χ1) is 18.4. The molecule has 0 saturated carbocycles. The van der Waals surface area contributed by atoms with Crippen LogP contribution in [-0.4, -0.2) is 94.7 Å². The number of allylic oxidation sites excluding steroid dienone is 2. The third-order valence-corrected chi connectivity index (χ3v) is 6.41. The van der Waals surface area contributed by atoms with Crippen LogP contribution >= 0.6 is 0 Å². The number of benzene rings is 2. The smallest absolute Gasteiger partial charge is 0.329 e. The van der Waals surface area contributed by atoms with Crippen LogP contribution in [0.2, 0.25) is 0 Å². The number of hydrogen-bond donors (Lipinski definition) is 3. The molecule has 0 radical (unpaired) electrons. The van der Waals surface area contributed by atoms with E-state index in [2.05, 4.69) is 0 Å². The van der Waals surface area contributed by atoms with Crippen molar-refractivity contribution in [3.8, 4) is 0 Å². The van der Waals surface area contributed by atoms with Crippen LogP contribution in [0.15, 0.2) is 59.9 Å². The highest BCUT2D eigenvalue weighted by atomic mass is 16.3. The SMILES string of the molecule is CCCN(CCO)C(=O)N1/C(=C2\C(=O)c3ccccc3N2C(=O)N(CCO)CCO)C(=O)c2ccccc21. The molecule has 0 saturated heterocycles. The Hall–Kier alpha value is -4.06. The van der Waals surface area contributed by atoms with E-state index >= 15 is 0 Å². The van der Waals surface area contributed by atoms with Gasteiger partial charge in [0.1, 0.15) is 11.4 Å². The maximum absolute atomic E-state index is 13.9. The Morgan fingerprint density at radius 2 is 1.03 bits per heavy atom. The van der Waals surface area contributed by atoms with Gasteiger partial charge in [0.2, 0.25) is 11.6 Å². The molecule has 200 valence electrons. The van der Waals surface area contributed by atoms with Crippen molar-refractivity contribution in [2.75, 3.05) is 55.8 Å². The van der Waals surface area contributed by atoms with Crippen molar-refractivity contribution in [1.29, 1.82) is 0 Å². The van der Waals surface area contributed by atoms with Crippen molar-refractivity contribution in [2.45, 2.75) is 13.3 Å². The molecule has 3 N–H and O–H groups in total. The zero-order valence-electron chi connectivity index (χ0n) is 21.0. The number of ketones is 2. The maximum atomic E-state index is 13.9. The summed E-state index contributed by atoms with van der Waals surface area (Å²) < 4.78 is 0. The molecule has 11 heteroatoms. The lowest BCUT2D eigenvalue weighted by atomic mass is 10.1. The van der Waals surface area contributed by atoms with Crippen molar-refractivity contribution in [2.24, 2.45) is 0 Å². The highest BCUT2D eigenvalue weighted by Gasteiger charge is 2.48. The van der Waals surface area contributed by atoms with Gasteiger partial charge < -0.3 is 25.1 Å². The Morgan fingerprint density at radius 3 is 1.39 bits per heavy atom. The van der Waals surface area contributed by atoms with Crippen LogP contribution in [0, 0.1) is 0 Å². The van der Waals surface area contributed by atoms with Crippen LogP contribution in [0.5, 0.6) is 0 Å². The van der Waals surface area contributed by atoms with E-state index in [1.807, 2.05) is 6.92 Å². The summed E-state index contributed by atoms with van der Waals surface area (Å²) in [6, 6.07) is 11.5. The Bertz CT molecular complexity index is 1180. The maximum Gasteiger partial charge on any atom is 0.329 e. The molecule has 2 aromatic carbocycles. The van der Waals surface area contributed by atoms with Crippen molar-refractivity contribution < 1.29 is 34.5 Å². The average molecular weight is 523 g/mol. The minimum atomic E-state index is -0.731. The van der Waals surface area contributed by atoms with Gasteiger partial charge in [-0.05, 0) is 30.7 Å². The lowest BCUT2D eigenvalue weighted by Crippen LogP contribution is -2.48. The zero-order valence-corrected chi connectivity index (χ0v) is 21.0. The molecule has 2 aliphatic heterocycles. The van der Waals surface area contributed by atoms with Gasteiger partial charge in [-0.3, -0.25) is 19.4 Å². The number of fused-ring (bicyclic) bond motifs is 2. The predicted octanol–water partition coefficient (Wildman–Crippen LogP) is 1.83. The molecule has 4 rings (SSSR count). The summed E-state index contributed by atoms with van der Waals surface area (Å²) >= 11 is 0. The first kappa shape index (κ1) is 27.0. The number of carbonyl (C=O) groups is 4. The predicted molar refractivity (Wildman–Crippen MR) is 139 cm³/mol. The summed E-state index contributed by atoms with van der Waals surface area (Å²) in [6.07, 6.45) is 0.591. The quantitative estimate of drug-likeness (QED) is 0.449. The van der Waals surface area contributed by atoms with Crippen molar-refractivity contribution in [3.63, 3.8) is 0 Å². The molecule has 0 atom stereocenters. The topological polar surface area (TPSA) is 142 Å². The molecule has 38 heavy (non-hydrogen) atoms. The molecule has 0 unspecified atom stereocenters. The van der Waals surface area contributed by atoms with Crippen LogP contribution in [0.1, 0.15) is 34.1 Å². The number of urea groups is 2. The molecule has 2 aliphatic rings. The second-order valence-electron chi connectivity index (χ2n) is 8.77. The van der Waals surface area contributed by atoms with E-state index in [0.717, 1.165) is 9.80 Å². The number of nitrogens with zero attached hydrogens (tertiary/aromatic N) is 4. The summed E-state index contributed by atoms with van der Waals surface area (Å²) in [7, 11) is 0. The molecule has 0 fully saturated rings. The molecular weight excluding hydrogens is 492 g/mol. The van der Waals surface area contributed by atoms with E-state index < -0.39 is 23.6 Å². The molecular formula is C27H30N4O7. The van der Waals surface area contributed by atoms with Gasteiger partial charge in [-0.25, -0.2) is 9.59 Å². The van der Waals surface area contributed by atoms with Crippen molar-refractivity contribution >= 4 is 35.0 Å². The molecule has 11 nitrogen and oxygen atoms in total. The van der Waals surface area contributed by atoms with Crippen LogP contribution < -0.4 is 9.80 Å². The number of carbonyl (C=O) groups excluding carboxylic acids is 4. The first-order valence-corrected chi connectivity index (χ1v) is 12.4. The average Bonchev–Trinajstić information content (AvgIpc) is 3.38. The normalized spacial score (nSPS) is 16.1. The van der Waals surface area contributed by atoms with E-state index in [4.69, 9.17) is 0 Å². The number of para-hydroxylation sites is 2. The molecule has 0 spiro atoms. The number of hydrogen-bond acceptors (Lipinski definition) is 7. The molecule has 2 aromatic rings. The summed E-state index contributed by atoms with van der Waals surface area (Å²) in [5.74, 6) is -1.21. The Kier molecular flexibility index (Phi) is 8.20. The standard InChI is InChI=1S/C27H30N4O7/c1-2-11-28(12-15-32)26(37)30-20-9-5-3-7-18(20)24(35)22(30)23-25(36)19-8-4-6-10-21(19)31(23)27(38)29(13-16-33)14-17-34/h3-10,32-34H,2,11-17H2,1H3/b23-22+. The fourth-order valence-electron chi connectivity index (χ4n) is 4.77. The number of aliphatic hydroxyl groups is 3. The van der Waals surface area contributed by atoms with Crippen LogP contribution in [-0.2, 0) is 0 Å². The van der Waals surface area contributed by atoms with Gasteiger partial charge in [-0.15, -0.1) is 0 Å². The van der Waals surface area contributed by atoms with Gasteiger partial charge in [-0.2, -0.15) is 0 Å². The van der Waals surface area contributed by atoms with E-state index in [-0.39, 0.29) is 73.4 Å². The summed E-state index contributed by atoms with van der Waals surface area (Å²) in [5, 5.41) is 28.6. The first-order valence-electron chi connectivity index (χ1n) is 12.4. The second-order valence-corrected chi connectivity index (χ2v) is 8.77. The van der Waals surface area contributed by atoms with E-state index in [0.29, 0.717) is 13.0 Å². The third kappa shape index (κ3) is 4.55. The molecule has 2 heterocycles. The van der Waals surface area contributed by atoms with Gasteiger partial charge >= 0.3 is 12.1 Å². The van der Waals surface area contributed by atoms with Gasteiger partial charge in [0.05, 0.1) is 31.2 Å². The highest BCUT2D eigenvalue weighted by molar-refractivity contribution is 6.33. The molecule has 0 aromatic heterocycles. The fourth-order valence-corrected chi connectivity index (χ4v) is 4.77. The Balaban J connectivity index is 1.96. The Labute approximate surface area is 219 Å². The van der Waals surface area contributed by atoms with Crippen molar-refractivity contribution in [1.82, 2.24) is 9.80 Å². The molecule has 4 amide bonds. The third-order valence-electron chi connectivity index (χ3n) is 6.41.